The molecule has 0 spiro atoms. The first-order valence-electron chi connectivity index (χ1n) is 9.09. The molecule has 3 aromatic rings. The molecule has 6 heteroatoms. The van der Waals surface area contributed by atoms with Crippen molar-refractivity contribution in [1.29, 1.82) is 0 Å². The molecular weight excluding hydrogens is 338 g/mol. The van der Waals surface area contributed by atoms with Crippen LogP contribution in [0.5, 0.6) is 0 Å². The van der Waals surface area contributed by atoms with E-state index in [1.807, 2.05) is 47.4 Å². The van der Waals surface area contributed by atoms with Gasteiger partial charge >= 0.3 is 0 Å². The van der Waals surface area contributed by atoms with E-state index >= 15 is 0 Å². The lowest BCUT2D eigenvalue weighted by Crippen LogP contribution is -2.23. The van der Waals surface area contributed by atoms with E-state index in [9.17, 15) is 4.79 Å². The highest BCUT2D eigenvalue weighted by Crippen LogP contribution is 2.23. The van der Waals surface area contributed by atoms with Gasteiger partial charge in [0, 0.05) is 30.8 Å². The highest BCUT2D eigenvalue weighted by molar-refractivity contribution is 5.95. The van der Waals surface area contributed by atoms with E-state index in [-0.39, 0.29) is 5.91 Å². The number of aryl methyl sites for hydroxylation is 1. The normalized spacial score (nSPS) is 13.8. The van der Waals surface area contributed by atoms with Gasteiger partial charge in [0.25, 0.3) is 0 Å². The lowest BCUT2D eigenvalue weighted by Gasteiger charge is -2.16. The van der Waals surface area contributed by atoms with Crippen molar-refractivity contribution < 1.29 is 4.79 Å². The zero-order chi connectivity index (χ0) is 18.6. The molecule has 0 radical (unpaired) electrons. The number of hydrogen-bond donors (Lipinski definition) is 1. The summed E-state index contributed by atoms with van der Waals surface area (Å²) in [6.45, 7) is 3.45. The van der Waals surface area contributed by atoms with Crippen molar-refractivity contribution in [2.75, 3.05) is 16.8 Å². The van der Waals surface area contributed by atoms with Crippen molar-refractivity contribution in [3.05, 3.63) is 65.9 Å². The Morgan fingerprint density at radius 2 is 1.93 bits per heavy atom. The maximum Gasteiger partial charge on any atom is 0.243 e. The summed E-state index contributed by atoms with van der Waals surface area (Å²) in [4.78, 5) is 18.2. The van der Waals surface area contributed by atoms with E-state index in [0.717, 1.165) is 41.0 Å². The standard InChI is InChI=1S/C21H21N5O/c1-15-5-2-3-6-18(15)19-14-23-25-21(24-19)22-13-16-8-10-17(11-9-16)26-12-4-7-20(26)27/h2-3,5-6,8-11,14H,4,7,12-13H2,1H3,(H,22,24,25). The molecule has 1 amide bonds. The number of nitrogens with one attached hydrogen (secondary N) is 1. The van der Waals surface area contributed by atoms with Crippen molar-refractivity contribution in [3.8, 4) is 11.3 Å². The quantitative estimate of drug-likeness (QED) is 0.754. The van der Waals surface area contributed by atoms with Crippen molar-refractivity contribution in [3.63, 3.8) is 0 Å². The van der Waals surface area contributed by atoms with Gasteiger partial charge in [-0.05, 0) is 36.6 Å². The fraction of sp³-hybridized carbons (Fsp3) is 0.238. The van der Waals surface area contributed by atoms with E-state index in [1.165, 1.54) is 0 Å². The fourth-order valence-corrected chi connectivity index (χ4v) is 3.26. The maximum absolute atomic E-state index is 11.8. The van der Waals surface area contributed by atoms with Crippen LogP contribution < -0.4 is 10.2 Å². The number of benzene rings is 2. The predicted octanol–water partition coefficient (Wildman–Crippen LogP) is 3.59. The number of aromatic nitrogens is 3. The van der Waals surface area contributed by atoms with Gasteiger partial charge in [-0.2, -0.15) is 5.10 Å². The first-order chi connectivity index (χ1) is 13.2. The molecule has 0 bridgehead atoms. The fourth-order valence-electron chi connectivity index (χ4n) is 3.26. The SMILES string of the molecule is Cc1ccccc1-c1cnnc(NCc2ccc(N3CCCC3=O)cc2)n1. The Labute approximate surface area is 158 Å². The van der Waals surface area contributed by atoms with Gasteiger partial charge in [-0.3, -0.25) is 4.79 Å². The van der Waals surface area contributed by atoms with Crippen LogP contribution >= 0.6 is 0 Å². The van der Waals surface area contributed by atoms with Crippen LogP contribution in [0.3, 0.4) is 0 Å². The van der Waals surface area contributed by atoms with Crippen molar-refractivity contribution in [1.82, 2.24) is 15.2 Å². The Bertz CT molecular complexity index is 955. The third-order valence-electron chi connectivity index (χ3n) is 4.75. The minimum absolute atomic E-state index is 0.202. The van der Waals surface area contributed by atoms with Crippen molar-refractivity contribution in [2.45, 2.75) is 26.3 Å². The summed E-state index contributed by atoms with van der Waals surface area (Å²) >= 11 is 0. The van der Waals surface area contributed by atoms with E-state index in [2.05, 4.69) is 33.5 Å². The molecule has 1 aliphatic rings. The Kier molecular flexibility index (Phi) is 4.78. The number of anilines is 2. The molecule has 0 unspecified atom stereocenters. The molecule has 6 nitrogen and oxygen atoms in total. The Balaban J connectivity index is 1.44. The summed E-state index contributed by atoms with van der Waals surface area (Å²) in [7, 11) is 0. The smallest absolute Gasteiger partial charge is 0.243 e. The second kappa shape index (κ2) is 7.53. The summed E-state index contributed by atoms with van der Waals surface area (Å²) < 4.78 is 0. The van der Waals surface area contributed by atoms with Crippen LogP contribution in [0.2, 0.25) is 0 Å². The Hall–Kier alpha value is -3.28. The zero-order valence-corrected chi connectivity index (χ0v) is 15.2. The van der Waals surface area contributed by atoms with Crippen LogP contribution in [0.4, 0.5) is 11.6 Å². The summed E-state index contributed by atoms with van der Waals surface area (Å²) in [6.07, 6.45) is 3.25. The maximum atomic E-state index is 11.8. The molecule has 4 rings (SSSR count). The molecule has 27 heavy (non-hydrogen) atoms. The summed E-state index contributed by atoms with van der Waals surface area (Å²) in [5.74, 6) is 0.697. The summed E-state index contributed by atoms with van der Waals surface area (Å²) in [5.41, 5.74) is 5.05. The molecule has 2 heterocycles. The first kappa shape index (κ1) is 17.1. The second-order valence-electron chi connectivity index (χ2n) is 6.65. The average molecular weight is 359 g/mol. The second-order valence-corrected chi connectivity index (χ2v) is 6.65. The van der Waals surface area contributed by atoms with Gasteiger partial charge in [0.05, 0.1) is 11.9 Å². The van der Waals surface area contributed by atoms with Crippen LogP contribution in [0, 0.1) is 6.92 Å². The molecule has 1 aromatic heterocycles. The molecule has 0 atom stereocenters. The lowest BCUT2D eigenvalue weighted by atomic mass is 10.1. The largest absolute Gasteiger partial charge is 0.349 e. The molecule has 0 aliphatic carbocycles. The summed E-state index contributed by atoms with van der Waals surface area (Å²) in [5, 5.41) is 11.4. The Morgan fingerprint density at radius 3 is 2.67 bits per heavy atom. The van der Waals surface area contributed by atoms with Crippen LogP contribution in [0.1, 0.15) is 24.0 Å². The van der Waals surface area contributed by atoms with Gasteiger partial charge in [-0.1, -0.05) is 36.4 Å². The molecule has 2 aromatic carbocycles. The number of hydrogen-bond acceptors (Lipinski definition) is 5. The number of nitrogens with zero attached hydrogens (tertiary/aromatic N) is 4. The Morgan fingerprint density at radius 1 is 1.11 bits per heavy atom. The van der Waals surface area contributed by atoms with Gasteiger partial charge in [0.1, 0.15) is 0 Å². The summed E-state index contributed by atoms with van der Waals surface area (Å²) in [6, 6.07) is 16.1. The monoisotopic (exact) mass is 359 g/mol. The van der Waals surface area contributed by atoms with Gasteiger partial charge < -0.3 is 10.2 Å². The van der Waals surface area contributed by atoms with Gasteiger partial charge in [0.15, 0.2) is 0 Å². The third kappa shape index (κ3) is 3.79. The highest BCUT2D eigenvalue weighted by atomic mass is 16.2. The van der Waals surface area contributed by atoms with Crippen LogP contribution in [-0.2, 0) is 11.3 Å². The predicted molar refractivity (Wildman–Crippen MR) is 105 cm³/mol. The molecule has 0 saturated carbocycles. The number of carbonyl (C=O) groups excluding carboxylic acids is 1. The minimum Gasteiger partial charge on any atom is -0.349 e. The molecule has 1 aliphatic heterocycles. The van der Waals surface area contributed by atoms with Crippen LogP contribution in [0.15, 0.2) is 54.7 Å². The van der Waals surface area contributed by atoms with Crippen LogP contribution in [0.25, 0.3) is 11.3 Å². The van der Waals surface area contributed by atoms with Gasteiger partial charge in [-0.25, -0.2) is 4.98 Å². The van der Waals surface area contributed by atoms with E-state index < -0.39 is 0 Å². The van der Waals surface area contributed by atoms with Crippen molar-refractivity contribution >= 4 is 17.5 Å². The van der Waals surface area contributed by atoms with E-state index in [0.29, 0.717) is 18.9 Å². The topological polar surface area (TPSA) is 71.0 Å². The molecule has 136 valence electrons. The van der Waals surface area contributed by atoms with E-state index in [1.54, 1.807) is 6.20 Å². The number of carbonyl (C=O) groups is 1. The number of amides is 1. The van der Waals surface area contributed by atoms with Crippen LogP contribution in [-0.4, -0.2) is 27.6 Å². The lowest BCUT2D eigenvalue weighted by molar-refractivity contribution is -0.117. The average Bonchev–Trinajstić information content (AvgIpc) is 3.13. The highest BCUT2D eigenvalue weighted by Gasteiger charge is 2.21. The molecule has 1 N–H and O–H groups in total. The molecular formula is C21H21N5O. The third-order valence-corrected chi connectivity index (χ3v) is 4.75. The number of rotatable bonds is 5. The van der Waals surface area contributed by atoms with Crippen molar-refractivity contribution in [2.24, 2.45) is 0 Å². The first-order valence-corrected chi connectivity index (χ1v) is 9.09. The molecule has 1 saturated heterocycles. The van der Waals surface area contributed by atoms with Gasteiger partial charge in [0.2, 0.25) is 11.9 Å². The zero-order valence-electron chi connectivity index (χ0n) is 15.2. The minimum atomic E-state index is 0.202. The molecule has 1 fully saturated rings. The van der Waals surface area contributed by atoms with E-state index in [4.69, 9.17) is 0 Å². The van der Waals surface area contributed by atoms with Gasteiger partial charge in [-0.15, -0.1) is 5.10 Å².